The predicted molar refractivity (Wildman–Crippen MR) is 104 cm³/mol. The SMILES string of the molecule is FC(F)(F)Oc1ccc(Cn2nc(CCc3cccnc3)c3ccccc32)cc1. The molecule has 29 heavy (non-hydrogen) atoms. The second kappa shape index (κ2) is 7.95. The summed E-state index contributed by atoms with van der Waals surface area (Å²) in [7, 11) is 0. The second-order valence-corrected chi connectivity index (χ2v) is 6.67. The van der Waals surface area contributed by atoms with E-state index < -0.39 is 6.36 Å². The molecule has 2 heterocycles. The van der Waals surface area contributed by atoms with Gasteiger partial charge in [0.2, 0.25) is 0 Å². The summed E-state index contributed by atoms with van der Waals surface area (Å²) in [6.07, 6.45) is 0.515. The van der Waals surface area contributed by atoms with Gasteiger partial charge in [-0.25, -0.2) is 0 Å². The topological polar surface area (TPSA) is 39.9 Å². The molecule has 0 saturated heterocycles. The zero-order chi connectivity index (χ0) is 20.3. The summed E-state index contributed by atoms with van der Waals surface area (Å²) in [5.74, 6) is -0.233. The predicted octanol–water partition coefficient (Wildman–Crippen LogP) is 5.16. The molecule has 0 aliphatic carbocycles. The van der Waals surface area contributed by atoms with Crippen LogP contribution in [0.15, 0.2) is 73.1 Å². The number of hydrogen-bond donors (Lipinski definition) is 0. The fourth-order valence-corrected chi connectivity index (χ4v) is 3.28. The molecule has 0 fully saturated rings. The Hall–Kier alpha value is -3.35. The van der Waals surface area contributed by atoms with Crippen LogP contribution in [0.25, 0.3) is 10.9 Å². The van der Waals surface area contributed by atoms with Gasteiger partial charge < -0.3 is 4.74 Å². The van der Waals surface area contributed by atoms with Gasteiger partial charge in [0.05, 0.1) is 17.8 Å². The number of benzene rings is 2. The van der Waals surface area contributed by atoms with Crippen LogP contribution in [0, 0.1) is 0 Å². The van der Waals surface area contributed by atoms with E-state index in [0.29, 0.717) is 6.54 Å². The summed E-state index contributed by atoms with van der Waals surface area (Å²) in [6.45, 7) is 0.458. The highest BCUT2D eigenvalue weighted by Crippen LogP contribution is 2.24. The molecule has 4 rings (SSSR count). The Balaban J connectivity index is 1.54. The van der Waals surface area contributed by atoms with Gasteiger partial charge >= 0.3 is 6.36 Å². The fourth-order valence-electron chi connectivity index (χ4n) is 3.28. The maximum Gasteiger partial charge on any atom is 0.573 e. The van der Waals surface area contributed by atoms with Gasteiger partial charge in [0.15, 0.2) is 0 Å². The molecule has 0 N–H and O–H groups in total. The largest absolute Gasteiger partial charge is 0.573 e. The molecule has 0 aliphatic rings. The Kier molecular flexibility index (Phi) is 5.20. The molecule has 0 saturated carbocycles. The molecule has 0 unspecified atom stereocenters. The summed E-state index contributed by atoms with van der Waals surface area (Å²) < 4.78 is 42.8. The highest BCUT2D eigenvalue weighted by Gasteiger charge is 2.30. The van der Waals surface area contributed by atoms with Crippen LogP contribution in [0.1, 0.15) is 16.8 Å². The molecule has 7 heteroatoms. The first-order valence-electron chi connectivity index (χ1n) is 9.16. The van der Waals surface area contributed by atoms with E-state index in [4.69, 9.17) is 5.10 Å². The quantitative estimate of drug-likeness (QED) is 0.451. The van der Waals surface area contributed by atoms with Gasteiger partial charge in [-0.05, 0) is 48.2 Å². The maximum absolute atomic E-state index is 12.3. The van der Waals surface area contributed by atoms with Crippen molar-refractivity contribution in [1.29, 1.82) is 0 Å². The number of aromatic nitrogens is 3. The molecule has 4 aromatic rings. The van der Waals surface area contributed by atoms with Crippen LogP contribution in [0.3, 0.4) is 0 Å². The fraction of sp³-hybridized carbons (Fsp3) is 0.182. The Labute approximate surface area is 165 Å². The summed E-state index contributed by atoms with van der Waals surface area (Å²) in [4.78, 5) is 4.14. The normalized spacial score (nSPS) is 11.7. The zero-order valence-corrected chi connectivity index (χ0v) is 15.4. The summed E-state index contributed by atoms with van der Waals surface area (Å²) in [6, 6.07) is 17.8. The van der Waals surface area contributed by atoms with Crippen molar-refractivity contribution in [3.8, 4) is 5.75 Å². The van der Waals surface area contributed by atoms with Crippen molar-refractivity contribution in [2.45, 2.75) is 25.7 Å². The third-order valence-electron chi connectivity index (χ3n) is 4.60. The van der Waals surface area contributed by atoms with Crippen molar-refractivity contribution < 1.29 is 17.9 Å². The lowest BCUT2D eigenvalue weighted by molar-refractivity contribution is -0.274. The van der Waals surface area contributed by atoms with Crippen molar-refractivity contribution in [2.75, 3.05) is 0 Å². The number of nitrogens with zero attached hydrogens (tertiary/aromatic N) is 3. The third-order valence-corrected chi connectivity index (χ3v) is 4.60. The minimum Gasteiger partial charge on any atom is -0.406 e. The van der Waals surface area contributed by atoms with E-state index in [9.17, 15) is 13.2 Å². The lowest BCUT2D eigenvalue weighted by Gasteiger charge is -2.09. The van der Waals surface area contributed by atoms with Crippen molar-refractivity contribution in [2.24, 2.45) is 0 Å². The molecule has 0 spiro atoms. The van der Waals surface area contributed by atoms with Crippen molar-refractivity contribution in [1.82, 2.24) is 14.8 Å². The Bertz CT molecular complexity index is 1090. The van der Waals surface area contributed by atoms with Crippen LogP contribution < -0.4 is 4.74 Å². The minimum atomic E-state index is -4.69. The minimum absolute atomic E-state index is 0.233. The molecular formula is C22H18F3N3O. The number of hydrogen-bond acceptors (Lipinski definition) is 3. The first kappa shape index (κ1) is 19.0. The number of fused-ring (bicyclic) bond motifs is 1. The van der Waals surface area contributed by atoms with Crippen LogP contribution >= 0.6 is 0 Å². The van der Waals surface area contributed by atoms with Crippen LogP contribution in [-0.2, 0) is 19.4 Å². The van der Waals surface area contributed by atoms with E-state index in [1.54, 1.807) is 18.3 Å². The second-order valence-electron chi connectivity index (χ2n) is 6.67. The van der Waals surface area contributed by atoms with Gasteiger partial charge in [-0.1, -0.05) is 36.4 Å². The summed E-state index contributed by atoms with van der Waals surface area (Å²) >= 11 is 0. The molecule has 0 bridgehead atoms. The highest BCUT2D eigenvalue weighted by molar-refractivity contribution is 5.82. The Morgan fingerprint density at radius 3 is 2.38 bits per heavy atom. The Morgan fingerprint density at radius 2 is 1.66 bits per heavy atom. The maximum atomic E-state index is 12.3. The molecule has 148 valence electrons. The van der Waals surface area contributed by atoms with Crippen LogP contribution in [0.5, 0.6) is 5.75 Å². The molecule has 0 aliphatic heterocycles. The van der Waals surface area contributed by atoms with Crippen molar-refractivity contribution in [3.05, 3.63) is 89.9 Å². The molecule has 0 amide bonds. The monoisotopic (exact) mass is 397 g/mol. The Morgan fingerprint density at radius 1 is 0.862 bits per heavy atom. The lowest BCUT2D eigenvalue weighted by Crippen LogP contribution is -2.17. The molecule has 0 radical (unpaired) electrons. The molecule has 0 atom stereocenters. The average molecular weight is 397 g/mol. The van der Waals surface area contributed by atoms with E-state index >= 15 is 0 Å². The van der Waals surface area contributed by atoms with Gasteiger partial charge in [-0.15, -0.1) is 13.2 Å². The van der Waals surface area contributed by atoms with Crippen molar-refractivity contribution >= 4 is 10.9 Å². The van der Waals surface area contributed by atoms with Crippen LogP contribution in [-0.4, -0.2) is 21.1 Å². The summed E-state index contributed by atoms with van der Waals surface area (Å²) in [5, 5.41) is 5.84. The van der Waals surface area contributed by atoms with Crippen LogP contribution in [0.4, 0.5) is 13.2 Å². The van der Waals surface area contributed by atoms with Gasteiger partial charge in [0, 0.05) is 17.8 Å². The lowest BCUT2D eigenvalue weighted by atomic mass is 10.1. The molecule has 2 aromatic heterocycles. The number of aryl methyl sites for hydroxylation is 2. The number of halogens is 3. The molecule has 2 aromatic carbocycles. The molecular weight excluding hydrogens is 379 g/mol. The van der Waals surface area contributed by atoms with Gasteiger partial charge in [0.1, 0.15) is 5.75 Å². The van der Waals surface area contributed by atoms with Gasteiger partial charge in [0.25, 0.3) is 0 Å². The van der Waals surface area contributed by atoms with Crippen molar-refractivity contribution in [3.63, 3.8) is 0 Å². The van der Waals surface area contributed by atoms with E-state index in [0.717, 1.165) is 40.6 Å². The van der Waals surface area contributed by atoms with E-state index in [2.05, 4.69) is 9.72 Å². The van der Waals surface area contributed by atoms with Gasteiger partial charge in [-0.3, -0.25) is 9.67 Å². The number of rotatable bonds is 6. The first-order valence-corrected chi connectivity index (χ1v) is 9.16. The standard InChI is InChI=1S/C22H18F3N3O/c23-22(24,25)29-18-10-7-17(8-11-18)15-28-21-6-2-1-5-19(21)20(27-28)12-9-16-4-3-13-26-14-16/h1-8,10-11,13-14H,9,12,15H2. The van der Waals surface area contributed by atoms with Crippen LogP contribution in [0.2, 0.25) is 0 Å². The number of ether oxygens (including phenoxy) is 1. The summed E-state index contributed by atoms with van der Waals surface area (Å²) in [5.41, 5.74) is 3.96. The van der Waals surface area contributed by atoms with Gasteiger partial charge in [-0.2, -0.15) is 5.10 Å². The first-order chi connectivity index (χ1) is 14.0. The smallest absolute Gasteiger partial charge is 0.406 e. The number of para-hydroxylation sites is 1. The zero-order valence-electron chi connectivity index (χ0n) is 15.4. The molecule has 4 nitrogen and oxygen atoms in total. The third kappa shape index (κ3) is 4.74. The average Bonchev–Trinajstić information content (AvgIpc) is 3.05. The van der Waals surface area contributed by atoms with E-state index in [-0.39, 0.29) is 5.75 Å². The highest BCUT2D eigenvalue weighted by atomic mass is 19.4. The van der Waals surface area contributed by atoms with E-state index in [1.807, 2.05) is 47.3 Å². The number of pyridine rings is 1. The van der Waals surface area contributed by atoms with E-state index in [1.165, 1.54) is 12.1 Å². The number of alkyl halides is 3.